The third kappa shape index (κ3) is 5.48. The van der Waals surface area contributed by atoms with Crippen molar-refractivity contribution >= 4 is 23.3 Å². The number of piperazine rings is 1. The van der Waals surface area contributed by atoms with Gasteiger partial charge < -0.3 is 9.64 Å². The fourth-order valence-corrected chi connectivity index (χ4v) is 5.05. The maximum Gasteiger partial charge on any atom is 0.228 e. The van der Waals surface area contributed by atoms with Crippen LogP contribution < -0.4 is 0 Å². The first-order valence-electron chi connectivity index (χ1n) is 11.8. The predicted molar refractivity (Wildman–Crippen MR) is 129 cm³/mol. The Bertz CT molecular complexity index is 1090. The second-order valence-electron chi connectivity index (χ2n) is 9.42. The Labute approximate surface area is 205 Å². The molecule has 0 spiro atoms. The number of halogens is 2. The van der Waals surface area contributed by atoms with Crippen molar-refractivity contribution in [3.63, 3.8) is 0 Å². The zero-order valence-corrected chi connectivity index (χ0v) is 20.7. The molecule has 2 aliphatic rings. The zero-order valence-electron chi connectivity index (χ0n) is 19.9. The SMILES string of the molecule is Cc1ncc(C(=O)Cc2cc(Cl)cc(CN3CCN(C(=O)[C@H]4CCOC4)[C@@H](C)C3)c2C)cc1F. The second-order valence-corrected chi connectivity index (χ2v) is 9.85. The van der Waals surface area contributed by atoms with Crippen molar-refractivity contribution in [1.82, 2.24) is 14.8 Å². The Morgan fingerprint density at radius 1 is 1.21 bits per heavy atom. The lowest BCUT2D eigenvalue weighted by atomic mass is 9.95. The number of rotatable bonds is 6. The van der Waals surface area contributed by atoms with Crippen LogP contribution in [0.1, 0.15) is 46.1 Å². The van der Waals surface area contributed by atoms with Crippen molar-refractivity contribution in [3.8, 4) is 0 Å². The van der Waals surface area contributed by atoms with Crippen molar-refractivity contribution in [2.24, 2.45) is 5.92 Å². The van der Waals surface area contributed by atoms with Crippen LogP contribution in [-0.2, 0) is 22.5 Å². The van der Waals surface area contributed by atoms with Crippen LogP contribution in [0, 0.1) is 25.6 Å². The van der Waals surface area contributed by atoms with E-state index in [1.54, 1.807) is 13.0 Å². The Hall–Kier alpha value is -2.35. The van der Waals surface area contributed by atoms with Crippen LogP contribution in [0.4, 0.5) is 4.39 Å². The molecule has 0 unspecified atom stereocenters. The number of ether oxygens (including phenoxy) is 1. The molecule has 3 heterocycles. The molecular formula is C26H31ClFN3O3. The van der Waals surface area contributed by atoms with Gasteiger partial charge in [-0.3, -0.25) is 19.5 Å². The maximum absolute atomic E-state index is 13.9. The largest absolute Gasteiger partial charge is 0.381 e. The normalized spacial score (nSPS) is 21.1. The van der Waals surface area contributed by atoms with Gasteiger partial charge in [0.2, 0.25) is 5.91 Å². The van der Waals surface area contributed by atoms with Crippen molar-refractivity contribution < 1.29 is 18.7 Å². The van der Waals surface area contributed by atoms with Gasteiger partial charge in [-0.1, -0.05) is 11.6 Å². The van der Waals surface area contributed by atoms with Crippen LogP contribution in [-0.4, -0.2) is 65.4 Å². The molecule has 1 aromatic carbocycles. The summed E-state index contributed by atoms with van der Waals surface area (Å²) in [6.45, 7) is 9.76. The Morgan fingerprint density at radius 2 is 1.97 bits per heavy atom. The first kappa shape index (κ1) is 24.8. The smallest absolute Gasteiger partial charge is 0.228 e. The highest BCUT2D eigenvalue weighted by atomic mass is 35.5. The lowest BCUT2D eigenvalue weighted by molar-refractivity contribution is -0.140. The molecule has 6 nitrogen and oxygen atoms in total. The van der Waals surface area contributed by atoms with Crippen molar-refractivity contribution in [1.29, 1.82) is 0 Å². The summed E-state index contributed by atoms with van der Waals surface area (Å²) in [5.41, 5.74) is 3.42. The topological polar surface area (TPSA) is 62.7 Å². The first-order valence-corrected chi connectivity index (χ1v) is 12.1. The standard InChI is InChI=1S/C26H31ClFN3O3/c1-16-13-30(5-6-31(16)26(33)19-4-7-34-15-19)14-22-9-23(27)8-20(17(22)2)11-25(32)21-10-24(28)18(3)29-12-21/h8-10,12,16,19H,4-7,11,13-15H2,1-3H3/t16-,19-/m0/s1. The highest BCUT2D eigenvalue weighted by Gasteiger charge is 2.33. The minimum Gasteiger partial charge on any atom is -0.381 e. The predicted octanol–water partition coefficient (Wildman–Crippen LogP) is 3.99. The number of hydrogen-bond acceptors (Lipinski definition) is 5. The molecular weight excluding hydrogens is 457 g/mol. The number of ketones is 1. The van der Waals surface area contributed by atoms with Crippen LogP contribution in [0.2, 0.25) is 5.02 Å². The van der Waals surface area contributed by atoms with Crippen LogP contribution in [0.5, 0.6) is 0 Å². The average molecular weight is 488 g/mol. The number of benzene rings is 1. The molecule has 0 N–H and O–H groups in total. The highest BCUT2D eigenvalue weighted by Crippen LogP contribution is 2.26. The average Bonchev–Trinajstić information content (AvgIpc) is 3.33. The van der Waals surface area contributed by atoms with Gasteiger partial charge in [0.05, 0.1) is 18.2 Å². The Morgan fingerprint density at radius 3 is 2.65 bits per heavy atom. The van der Waals surface area contributed by atoms with Gasteiger partial charge in [-0.15, -0.1) is 0 Å². The van der Waals surface area contributed by atoms with Crippen LogP contribution in [0.3, 0.4) is 0 Å². The molecule has 2 fully saturated rings. The van der Waals surface area contributed by atoms with Gasteiger partial charge in [-0.05, 0) is 62.1 Å². The molecule has 2 saturated heterocycles. The monoisotopic (exact) mass is 487 g/mol. The molecule has 4 rings (SSSR count). The van der Waals surface area contributed by atoms with Crippen molar-refractivity contribution in [2.45, 2.75) is 46.2 Å². The van der Waals surface area contributed by atoms with Gasteiger partial charge in [-0.2, -0.15) is 0 Å². The van der Waals surface area contributed by atoms with E-state index in [-0.39, 0.29) is 41.3 Å². The quantitative estimate of drug-likeness (QED) is 0.577. The third-order valence-electron chi connectivity index (χ3n) is 6.95. The summed E-state index contributed by atoms with van der Waals surface area (Å²) in [5, 5.41) is 0.569. The lowest BCUT2D eigenvalue weighted by Crippen LogP contribution is -2.55. The number of amides is 1. The lowest BCUT2D eigenvalue weighted by Gasteiger charge is -2.41. The van der Waals surface area contributed by atoms with Gasteiger partial charge in [0, 0.05) is 62.0 Å². The van der Waals surface area contributed by atoms with E-state index in [0.29, 0.717) is 31.3 Å². The second kappa shape index (κ2) is 10.5. The van der Waals surface area contributed by atoms with E-state index >= 15 is 0 Å². The number of hydrogen-bond donors (Lipinski definition) is 0. The van der Waals surface area contributed by atoms with Gasteiger partial charge in [0.1, 0.15) is 5.82 Å². The molecule has 182 valence electrons. The summed E-state index contributed by atoms with van der Waals surface area (Å²) in [4.78, 5) is 33.9. The molecule has 1 amide bonds. The van der Waals surface area contributed by atoms with Gasteiger partial charge in [0.25, 0.3) is 0 Å². The minimum absolute atomic E-state index is 0.0125. The zero-order chi connectivity index (χ0) is 24.4. The fraction of sp³-hybridized carbons (Fsp3) is 0.500. The number of nitrogens with zero attached hydrogens (tertiary/aromatic N) is 3. The van der Waals surface area contributed by atoms with Crippen molar-refractivity contribution in [2.75, 3.05) is 32.8 Å². The molecule has 8 heteroatoms. The molecule has 0 radical (unpaired) electrons. The van der Waals surface area contributed by atoms with E-state index in [4.69, 9.17) is 16.3 Å². The summed E-state index contributed by atoms with van der Waals surface area (Å²) in [6.07, 6.45) is 2.35. The Balaban J connectivity index is 1.43. The van der Waals surface area contributed by atoms with Gasteiger partial charge in [-0.25, -0.2) is 4.39 Å². The van der Waals surface area contributed by atoms with Crippen LogP contribution in [0.25, 0.3) is 0 Å². The summed E-state index contributed by atoms with van der Waals surface area (Å²) in [7, 11) is 0. The van der Waals surface area contributed by atoms with Gasteiger partial charge >= 0.3 is 0 Å². The highest BCUT2D eigenvalue weighted by molar-refractivity contribution is 6.30. The van der Waals surface area contributed by atoms with Crippen LogP contribution in [0.15, 0.2) is 24.4 Å². The molecule has 34 heavy (non-hydrogen) atoms. The molecule has 2 aliphatic heterocycles. The van der Waals surface area contributed by atoms with Gasteiger partial charge in [0.15, 0.2) is 5.78 Å². The minimum atomic E-state index is -0.485. The number of carbonyl (C=O) groups is 2. The van der Waals surface area contributed by atoms with E-state index < -0.39 is 5.82 Å². The molecule has 2 aromatic rings. The Kier molecular flexibility index (Phi) is 7.65. The molecule has 0 saturated carbocycles. The summed E-state index contributed by atoms with van der Waals surface area (Å²) in [6, 6.07) is 5.10. The fourth-order valence-electron chi connectivity index (χ4n) is 4.79. The number of Topliss-reactive ketones (excluding diaryl/α,β-unsaturated/α-hetero) is 1. The first-order chi connectivity index (χ1) is 16.2. The molecule has 1 aromatic heterocycles. The number of pyridine rings is 1. The van der Waals surface area contributed by atoms with E-state index in [0.717, 1.165) is 36.2 Å². The van der Waals surface area contributed by atoms with Crippen LogP contribution >= 0.6 is 11.6 Å². The third-order valence-corrected chi connectivity index (χ3v) is 7.17. The summed E-state index contributed by atoms with van der Waals surface area (Å²) >= 11 is 6.41. The summed E-state index contributed by atoms with van der Waals surface area (Å²) in [5.74, 6) is -0.492. The molecule has 0 aliphatic carbocycles. The molecule has 2 atom stereocenters. The van der Waals surface area contributed by atoms with E-state index in [1.807, 2.05) is 17.9 Å². The maximum atomic E-state index is 13.9. The number of carbonyl (C=O) groups excluding carboxylic acids is 2. The summed E-state index contributed by atoms with van der Waals surface area (Å²) < 4.78 is 19.3. The van der Waals surface area contributed by atoms with E-state index in [1.165, 1.54) is 12.3 Å². The number of aryl methyl sites for hydroxylation is 1. The van der Waals surface area contributed by atoms with E-state index in [9.17, 15) is 14.0 Å². The molecule has 0 bridgehead atoms. The van der Waals surface area contributed by atoms with Crippen molar-refractivity contribution in [3.05, 3.63) is 63.2 Å². The number of aromatic nitrogens is 1. The van der Waals surface area contributed by atoms with E-state index in [2.05, 4.69) is 16.8 Å².